The molecular formula is C14H13ClN2O3S. The lowest BCUT2D eigenvalue weighted by Crippen LogP contribution is -2.44. The SMILES string of the molecule is O=C(COc1ccccc1Cl)NNC(=O)Cc1cccs1. The molecule has 1 aromatic heterocycles. The number of para-hydroxylation sites is 1. The summed E-state index contributed by atoms with van der Waals surface area (Å²) in [4.78, 5) is 24.0. The summed E-state index contributed by atoms with van der Waals surface area (Å²) in [6, 6.07) is 10.6. The van der Waals surface area contributed by atoms with Gasteiger partial charge < -0.3 is 4.74 Å². The van der Waals surface area contributed by atoms with Crippen LogP contribution < -0.4 is 15.6 Å². The maximum atomic E-state index is 11.6. The number of hydrogen-bond donors (Lipinski definition) is 2. The highest BCUT2D eigenvalue weighted by Gasteiger charge is 2.08. The van der Waals surface area contributed by atoms with E-state index in [-0.39, 0.29) is 18.9 Å². The van der Waals surface area contributed by atoms with Crippen LogP contribution in [0.4, 0.5) is 0 Å². The smallest absolute Gasteiger partial charge is 0.276 e. The van der Waals surface area contributed by atoms with Gasteiger partial charge in [0.1, 0.15) is 5.75 Å². The van der Waals surface area contributed by atoms with E-state index in [9.17, 15) is 9.59 Å². The van der Waals surface area contributed by atoms with Crippen LogP contribution in [0.3, 0.4) is 0 Å². The van der Waals surface area contributed by atoms with Gasteiger partial charge in [0.05, 0.1) is 11.4 Å². The summed E-state index contributed by atoms with van der Waals surface area (Å²) >= 11 is 7.37. The van der Waals surface area contributed by atoms with Crippen LogP contribution >= 0.6 is 22.9 Å². The maximum Gasteiger partial charge on any atom is 0.276 e. The lowest BCUT2D eigenvalue weighted by Gasteiger charge is -2.09. The fraction of sp³-hybridized carbons (Fsp3) is 0.143. The maximum absolute atomic E-state index is 11.6. The Labute approximate surface area is 130 Å². The predicted molar refractivity (Wildman–Crippen MR) is 81.3 cm³/mol. The van der Waals surface area contributed by atoms with Gasteiger partial charge in [-0.3, -0.25) is 20.4 Å². The second kappa shape index (κ2) is 7.66. The normalized spacial score (nSPS) is 9.95. The Morgan fingerprint density at radius 3 is 2.57 bits per heavy atom. The Bertz CT molecular complexity index is 616. The molecule has 2 N–H and O–H groups in total. The van der Waals surface area contributed by atoms with Gasteiger partial charge in [0.25, 0.3) is 5.91 Å². The Morgan fingerprint density at radius 1 is 1.10 bits per heavy atom. The third-order valence-electron chi connectivity index (χ3n) is 2.45. The van der Waals surface area contributed by atoms with E-state index in [0.29, 0.717) is 10.8 Å². The molecule has 0 radical (unpaired) electrons. The number of carbonyl (C=O) groups is 2. The van der Waals surface area contributed by atoms with Crippen molar-refractivity contribution in [2.24, 2.45) is 0 Å². The van der Waals surface area contributed by atoms with Gasteiger partial charge in [-0.25, -0.2) is 0 Å². The Hall–Kier alpha value is -2.05. The van der Waals surface area contributed by atoms with E-state index < -0.39 is 5.91 Å². The van der Waals surface area contributed by atoms with Crippen molar-refractivity contribution in [1.29, 1.82) is 0 Å². The molecule has 0 fully saturated rings. The number of amides is 2. The first-order valence-electron chi connectivity index (χ1n) is 6.12. The minimum absolute atomic E-state index is 0.226. The molecule has 0 spiro atoms. The zero-order valence-corrected chi connectivity index (χ0v) is 12.5. The van der Waals surface area contributed by atoms with E-state index in [1.54, 1.807) is 24.3 Å². The molecule has 21 heavy (non-hydrogen) atoms. The summed E-state index contributed by atoms with van der Waals surface area (Å²) in [5, 5.41) is 2.31. The number of hydrogen-bond acceptors (Lipinski definition) is 4. The van der Waals surface area contributed by atoms with E-state index in [2.05, 4.69) is 10.9 Å². The molecule has 0 unspecified atom stereocenters. The van der Waals surface area contributed by atoms with Crippen molar-refractivity contribution in [3.63, 3.8) is 0 Å². The van der Waals surface area contributed by atoms with Crippen molar-refractivity contribution >= 4 is 34.8 Å². The number of benzene rings is 1. The fourth-order valence-electron chi connectivity index (χ4n) is 1.50. The molecule has 0 atom stereocenters. The molecule has 0 aliphatic rings. The lowest BCUT2D eigenvalue weighted by atomic mass is 10.3. The number of rotatable bonds is 5. The molecule has 2 rings (SSSR count). The van der Waals surface area contributed by atoms with Gasteiger partial charge in [-0.15, -0.1) is 11.3 Å². The minimum atomic E-state index is -0.463. The number of hydrazine groups is 1. The monoisotopic (exact) mass is 324 g/mol. The third kappa shape index (κ3) is 5.09. The van der Waals surface area contributed by atoms with E-state index >= 15 is 0 Å². The highest BCUT2D eigenvalue weighted by atomic mass is 35.5. The first-order chi connectivity index (χ1) is 10.1. The number of carbonyl (C=O) groups excluding carboxylic acids is 2. The van der Waals surface area contributed by atoms with Crippen molar-refractivity contribution in [1.82, 2.24) is 10.9 Å². The van der Waals surface area contributed by atoms with Gasteiger partial charge in [0.2, 0.25) is 5.91 Å². The zero-order chi connectivity index (χ0) is 15.1. The van der Waals surface area contributed by atoms with Crippen LogP contribution in [0.5, 0.6) is 5.75 Å². The van der Waals surface area contributed by atoms with Gasteiger partial charge in [-0.05, 0) is 23.6 Å². The van der Waals surface area contributed by atoms with Crippen molar-refractivity contribution in [2.45, 2.75) is 6.42 Å². The summed E-state index contributed by atoms with van der Waals surface area (Å²) in [7, 11) is 0. The largest absolute Gasteiger partial charge is 0.482 e. The van der Waals surface area contributed by atoms with Crippen molar-refractivity contribution < 1.29 is 14.3 Å². The second-order valence-corrected chi connectivity index (χ2v) is 5.51. The predicted octanol–water partition coefficient (Wildman–Crippen LogP) is 2.17. The van der Waals surface area contributed by atoms with Crippen LogP contribution in [-0.4, -0.2) is 18.4 Å². The quantitative estimate of drug-likeness (QED) is 0.828. The number of thiophene rings is 1. The third-order valence-corrected chi connectivity index (χ3v) is 3.64. The second-order valence-electron chi connectivity index (χ2n) is 4.07. The first kappa shape index (κ1) is 15.3. The average molecular weight is 325 g/mol. The Balaban J connectivity index is 1.70. The number of ether oxygens (including phenoxy) is 1. The van der Waals surface area contributed by atoms with Gasteiger partial charge in [-0.2, -0.15) is 0 Å². The molecule has 0 saturated carbocycles. The van der Waals surface area contributed by atoms with Crippen LogP contribution in [-0.2, 0) is 16.0 Å². The van der Waals surface area contributed by atoms with Crippen LogP contribution in [0.15, 0.2) is 41.8 Å². The van der Waals surface area contributed by atoms with Crippen molar-refractivity contribution in [3.05, 3.63) is 51.7 Å². The highest BCUT2D eigenvalue weighted by molar-refractivity contribution is 7.10. The molecule has 2 aromatic rings. The van der Waals surface area contributed by atoms with Crippen LogP contribution in [0, 0.1) is 0 Å². The summed E-state index contributed by atoms with van der Waals surface area (Å²) < 4.78 is 5.24. The molecule has 0 bridgehead atoms. The van der Waals surface area contributed by atoms with E-state index in [1.807, 2.05) is 17.5 Å². The van der Waals surface area contributed by atoms with Crippen LogP contribution in [0.1, 0.15) is 4.88 Å². The van der Waals surface area contributed by atoms with E-state index in [4.69, 9.17) is 16.3 Å². The van der Waals surface area contributed by atoms with Crippen molar-refractivity contribution in [3.8, 4) is 5.75 Å². The van der Waals surface area contributed by atoms with Gasteiger partial charge in [0.15, 0.2) is 6.61 Å². The molecule has 1 heterocycles. The molecule has 0 aliphatic carbocycles. The van der Waals surface area contributed by atoms with Gasteiger partial charge in [-0.1, -0.05) is 29.8 Å². The standard InChI is InChI=1S/C14H13ClN2O3S/c15-11-5-1-2-6-12(11)20-9-14(19)17-16-13(18)8-10-4-3-7-21-10/h1-7H,8-9H2,(H,16,18)(H,17,19). The number of halogens is 1. The first-order valence-corrected chi connectivity index (χ1v) is 7.38. The molecule has 2 amide bonds. The molecule has 0 saturated heterocycles. The number of nitrogens with one attached hydrogen (secondary N) is 2. The van der Waals surface area contributed by atoms with Gasteiger partial charge in [0, 0.05) is 4.88 Å². The summed E-state index contributed by atoms with van der Waals surface area (Å²) in [6.45, 7) is -0.233. The molecule has 7 heteroatoms. The molecule has 5 nitrogen and oxygen atoms in total. The summed E-state index contributed by atoms with van der Waals surface area (Å²) in [5.41, 5.74) is 4.61. The topological polar surface area (TPSA) is 67.4 Å². The van der Waals surface area contributed by atoms with E-state index in [1.165, 1.54) is 11.3 Å². The van der Waals surface area contributed by atoms with E-state index in [0.717, 1.165) is 4.88 Å². The van der Waals surface area contributed by atoms with Crippen LogP contribution in [0.25, 0.3) is 0 Å². The highest BCUT2D eigenvalue weighted by Crippen LogP contribution is 2.22. The Morgan fingerprint density at radius 2 is 1.86 bits per heavy atom. The van der Waals surface area contributed by atoms with Gasteiger partial charge >= 0.3 is 0 Å². The minimum Gasteiger partial charge on any atom is -0.482 e. The molecular weight excluding hydrogens is 312 g/mol. The van der Waals surface area contributed by atoms with Crippen LogP contribution in [0.2, 0.25) is 5.02 Å². The summed E-state index contributed by atoms with van der Waals surface area (Å²) in [5.74, 6) is -0.336. The fourth-order valence-corrected chi connectivity index (χ4v) is 2.39. The molecule has 0 aliphatic heterocycles. The molecule has 110 valence electrons. The Kier molecular flexibility index (Phi) is 5.59. The zero-order valence-electron chi connectivity index (χ0n) is 11.0. The van der Waals surface area contributed by atoms with Crippen molar-refractivity contribution in [2.75, 3.05) is 6.61 Å². The molecule has 1 aromatic carbocycles. The average Bonchev–Trinajstić information content (AvgIpc) is 2.97. The summed E-state index contributed by atoms with van der Waals surface area (Å²) in [6.07, 6.45) is 0.226. The lowest BCUT2D eigenvalue weighted by molar-refractivity contribution is -0.129.